The molecule has 0 saturated heterocycles. The van der Waals surface area contributed by atoms with Crippen molar-refractivity contribution >= 4 is 11.7 Å². The minimum absolute atomic E-state index is 0.157. The molecular formula is C21H20FN3O. The molecule has 1 aliphatic heterocycles. The van der Waals surface area contributed by atoms with Gasteiger partial charge in [0.2, 0.25) is 0 Å². The van der Waals surface area contributed by atoms with E-state index in [9.17, 15) is 9.18 Å². The Hall–Kier alpha value is -3.08. The Morgan fingerprint density at radius 1 is 1.04 bits per heavy atom. The molecule has 3 aromatic rings. The summed E-state index contributed by atoms with van der Waals surface area (Å²) in [6.45, 7) is 3.33. The van der Waals surface area contributed by atoms with E-state index in [1.165, 1.54) is 12.1 Å². The predicted molar refractivity (Wildman–Crippen MR) is 99.6 cm³/mol. The number of carbonyl (C=O) groups excluding carboxylic acids is 1. The lowest BCUT2D eigenvalue weighted by atomic mass is 10.0. The summed E-state index contributed by atoms with van der Waals surface area (Å²) in [7, 11) is 0. The molecule has 0 aliphatic carbocycles. The zero-order chi connectivity index (χ0) is 18.1. The van der Waals surface area contributed by atoms with Crippen molar-refractivity contribution < 1.29 is 9.18 Å². The van der Waals surface area contributed by atoms with Gasteiger partial charge in [0.1, 0.15) is 5.82 Å². The Kier molecular flexibility index (Phi) is 4.21. The molecular weight excluding hydrogens is 329 g/mol. The first-order valence-electron chi connectivity index (χ1n) is 8.66. The van der Waals surface area contributed by atoms with Crippen LogP contribution in [0.1, 0.15) is 22.9 Å². The normalized spacial score (nSPS) is 16.2. The molecule has 1 N–H and O–H groups in total. The molecule has 0 spiro atoms. The number of urea groups is 1. The summed E-state index contributed by atoms with van der Waals surface area (Å²) in [6.07, 6.45) is 2.01. The average Bonchev–Trinajstić information content (AvgIpc) is 3.12. The van der Waals surface area contributed by atoms with Crippen molar-refractivity contribution in [1.29, 1.82) is 0 Å². The van der Waals surface area contributed by atoms with E-state index in [0.29, 0.717) is 6.54 Å². The Labute approximate surface area is 151 Å². The van der Waals surface area contributed by atoms with Crippen LogP contribution in [0.2, 0.25) is 0 Å². The van der Waals surface area contributed by atoms with Crippen molar-refractivity contribution in [2.45, 2.75) is 19.5 Å². The van der Waals surface area contributed by atoms with Crippen LogP contribution in [0.4, 0.5) is 14.9 Å². The molecule has 132 valence electrons. The number of nitrogens with zero attached hydrogens (tertiary/aromatic N) is 2. The smallest absolute Gasteiger partial charge is 0.322 e. The molecule has 2 aromatic carbocycles. The number of rotatable bonds is 2. The number of fused-ring (bicyclic) bond motifs is 1. The van der Waals surface area contributed by atoms with Gasteiger partial charge < -0.3 is 14.8 Å². The van der Waals surface area contributed by atoms with Crippen LogP contribution in [-0.2, 0) is 6.54 Å². The highest BCUT2D eigenvalue weighted by atomic mass is 19.1. The number of halogens is 1. The highest BCUT2D eigenvalue weighted by molar-refractivity contribution is 5.90. The lowest BCUT2D eigenvalue weighted by Gasteiger charge is -2.37. The van der Waals surface area contributed by atoms with Crippen molar-refractivity contribution in [2.75, 3.05) is 11.9 Å². The summed E-state index contributed by atoms with van der Waals surface area (Å²) < 4.78 is 15.5. The molecule has 2 heterocycles. The summed E-state index contributed by atoms with van der Waals surface area (Å²) in [5.41, 5.74) is 3.83. The molecule has 5 heteroatoms. The zero-order valence-corrected chi connectivity index (χ0v) is 14.5. The van der Waals surface area contributed by atoms with E-state index in [2.05, 4.69) is 9.88 Å². The fourth-order valence-corrected chi connectivity index (χ4v) is 3.43. The topological polar surface area (TPSA) is 37.3 Å². The summed E-state index contributed by atoms with van der Waals surface area (Å²) in [6, 6.07) is 17.7. The molecule has 26 heavy (non-hydrogen) atoms. The standard InChI is InChI=1S/C21H20FN3O/c1-15-4-10-18(11-5-15)23-21(26)25-14-13-24-12-2-3-19(24)20(25)16-6-8-17(22)9-7-16/h2-12,20H,13-14H2,1H3,(H,23,26)/t20-/m1/s1. The summed E-state index contributed by atoms with van der Waals surface area (Å²) >= 11 is 0. The minimum atomic E-state index is -0.282. The van der Waals surface area contributed by atoms with Gasteiger partial charge in [0.15, 0.2) is 0 Å². The molecule has 0 unspecified atom stereocenters. The van der Waals surface area contributed by atoms with Gasteiger partial charge in [0.25, 0.3) is 0 Å². The van der Waals surface area contributed by atoms with E-state index >= 15 is 0 Å². The summed E-state index contributed by atoms with van der Waals surface area (Å²) in [4.78, 5) is 14.8. The van der Waals surface area contributed by atoms with Gasteiger partial charge in [-0.15, -0.1) is 0 Å². The number of carbonyl (C=O) groups is 1. The molecule has 0 saturated carbocycles. The van der Waals surface area contributed by atoms with Crippen LogP contribution in [0.5, 0.6) is 0 Å². The lowest BCUT2D eigenvalue weighted by Crippen LogP contribution is -2.44. The van der Waals surface area contributed by atoms with Crippen LogP contribution in [0.25, 0.3) is 0 Å². The van der Waals surface area contributed by atoms with Crippen molar-refractivity contribution in [1.82, 2.24) is 9.47 Å². The number of benzene rings is 2. The molecule has 1 aliphatic rings. The maximum Gasteiger partial charge on any atom is 0.322 e. The molecule has 1 aromatic heterocycles. The Bertz CT molecular complexity index is 915. The molecule has 4 rings (SSSR count). The van der Waals surface area contributed by atoms with E-state index in [-0.39, 0.29) is 17.9 Å². The first-order valence-corrected chi connectivity index (χ1v) is 8.66. The maximum absolute atomic E-state index is 13.4. The lowest BCUT2D eigenvalue weighted by molar-refractivity contribution is 0.182. The van der Waals surface area contributed by atoms with Gasteiger partial charge in [-0.1, -0.05) is 29.8 Å². The van der Waals surface area contributed by atoms with E-state index < -0.39 is 0 Å². The van der Waals surface area contributed by atoms with E-state index in [4.69, 9.17) is 0 Å². The Morgan fingerprint density at radius 3 is 2.50 bits per heavy atom. The maximum atomic E-state index is 13.4. The second-order valence-corrected chi connectivity index (χ2v) is 6.57. The number of hydrogen-bond acceptors (Lipinski definition) is 1. The van der Waals surface area contributed by atoms with Crippen LogP contribution in [0.3, 0.4) is 0 Å². The fraction of sp³-hybridized carbons (Fsp3) is 0.190. The number of aromatic nitrogens is 1. The molecule has 2 amide bonds. The van der Waals surface area contributed by atoms with Crippen molar-refractivity contribution in [3.05, 3.63) is 89.5 Å². The van der Waals surface area contributed by atoms with Crippen molar-refractivity contribution in [2.24, 2.45) is 0 Å². The van der Waals surface area contributed by atoms with Crippen LogP contribution in [0, 0.1) is 12.7 Å². The Morgan fingerprint density at radius 2 is 1.77 bits per heavy atom. The fourth-order valence-electron chi connectivity index (χ4n) is 3.43. The largest absolute Gasteiger partial charge is 0.348 e. The van der Waals surface area contributed by atoms with E-state index in [1.54, 1.807) is 12.1 Å². The quantitative estimate of drug-likeness (QED) is 0.723. The molecule has 0 radical (unpaired) electrons. The first-order chi connectivity index (χ1) is 12.6. The molecule has 0 fully saturated rings. The first kappa shape index (κ1) is 16.4. The summed E-state index contributed by atoms with van der Waals surface area (Å²) in [5.74, 6) is -0.282. The second kappa shape index (κ2) is 6.67. The monoisotopic (exact) mass is 349 g/mol. The van der Waals surface area contributed by atoms with Crippen LogP contribution in [0.15, 0.2) is 66.9 Å². The number of amides is 2. The van der Waals surface area contributed by atoms with Gasteiger partial charge in [-0.05, 0) is 48.9 Å². The number of aryl methyl sites for hydroxylation is 1. The van der Waals surface area contributed by atoms with Gasteiger partial charge in [-0.2, -0.15) is 0 Å². The minimum Gasteiger partial charge on any atom is -0.348 e. The van der Waals surface area contributed by atoms with Gasteiger partial charge in [-0.25, -0.2) is 9.18 Å². The third kappa shape index (κ3) is 3.08. The predicted octanol–water partition coefficient (Wildman–Crippen LogP) is 4.57. The molecule has 1 atom stereocenters. The summed E-state index contributed by atoms with van der Waals surface area (Å²) in [5, 5.41) is 2.98. The van der Waals surface area contributed by atoms with Crippen molar-refractivity contribution in [3.63, 3.8) is 0 Å². The van der Waals surface area contributed by atoms with Crippen LogP contribution >= 0.6 is 0 Å². The van der Waals surface area contributed by atoms with Crippen LogP contribution < -0.4 is 5.32 Å². The number of hydrogen-bond donors (Lipinski definition) is 1. The van der Waals surface area contributed by atoms with Gasteiger partial charge >= 0.3 is 6.03 Å². The van der Waals surface area contributed by atoms with Crippen LogP contribution in [-0.4, -0.2) is 22.0 Å². The third-order valence-electron chi connectivity index (χ3n) is 4.79. The third-order valence-corrected chi connectivity index (χ3v) is 4.79. The van der Waals surface area contributed by atoms with Gasteiger partial charge in [0, 0.05) is 30.7 Å². The highest BCUT2D eigenvalue weighted by Gasteiger charge is 2.32. The van der Waals surface area contributed by atoms with E-state index in [1.807, 2.05) is 54.4 Å². The molecule has 0 bridgehead atoms. The van der Waals surface area contributed by atoms with E-state index in [0.717, 1.165) is 29.1 Å². The zero-order valence-electron chi connectivity index (χ0n) is 14.5. The van der Waals surface area contributed by atoms with Gasteiger partial charge in [-0.3, -0.25) is 0 Å². The number of anilines is 1. The Balaban J connectivity index is 1.66. The SMILES string of the molecule is Cc1ccc(NC(=O)N2CCn3cccc3[C@H]2c2ccc(F)cc2)cc1. The van der Waals surface area contributed by atoms with Crippen molar-refractivity contribution in [3.8, 4) is 0 Å². The van der Waals surface area contributed by atoms with Gasteiger partial charge in [0.05, 0.1) is 6.04 Å². The second-order valence-electron chi connectivity index (χ2n) is 6.57. The molecule has 4 nitrogen and oxygen atoms in total. The highest BCUT2D eigenvalue weighted by Crippen LogP contribution is 2.33. The average molecular weight is 349 g/mol. The number of nitrogens with one attached hydrogen (secondary N) is 1.